The van der Waals surface area contributed by atoms with Gasteiger partial charge in [-0.15, -0.1) is 0 Å². The van der Waals surface area contributed by atoms with Crippen molar-refractivity contribution in [2.45, 2.75) is 6.42 Å². The van der Waals surface area contributed by atoms with E-state index >= 15 is 0 Å². The van der Waals surface area contributed by atoms with Crippen molar-refractivity contribution >= 4 is 29.2 Å². The van der Waals surface area contributed by atoms with Gasteiger partial charge in [0.25, 0.3) is 0 Å². The molecule has 1 heterocycles. The van der Waals surface area contributed by atoms with Gasteiger partial charge < -0.3 is 10.6 Å². The van der Waals surface area contributed by atoms with Crippen molar-refractivity contribution in [2.24, 2.45) is 0 Å². The standard InChI is InChI=1S/C13H19N3OS/c1-18-9-3-6-14-11-4-2-5-12(10-11)16-8-7-15-13(16)17/h2,4-5,10,14H,3,6-9H2,1H3,(H,15,17). The quantitative estimate of drug-likeness (QED) is 0.776. The number of amides is 2. The zero-order valence-electron chi connectivity index (χ0n) is 10.6. The van der Waals surface area contributed by atoms with Crippen LogP contribution in [0.15, 0.2) is 24.3 Å². The summed E-state index contributed by atoms with van der Waals surface area (Å²) in [7, 11) is 0. The van der Waals surface area contributed by atoms with Crippen molar-refractivity contribution in [3.8, 4) is 0 Å². The van der Waals surface area contributed by atoms with Crippen molar-refractivity contribution in [1.82, 2.24) is 5.32 Å². The Hall–Kier alpha value is -1.36. The minimum Gasteiger partial charge on any atom is -0.385 e. The molecule has 1 aromatic rings. The molecule has 2 amide bonds. The minimum absolute atomic E-state index is 0.00506. The van der Waals surface area contributed by atoms with E-state index in [-0.39, 0.29) is 6.03 Å². The molecule has 0 aliphatic carbocycles. The molecular formula is C13H19N3OS. The molecule has 1 saturated heterocycles. The van der Waals surface area contributed by atoms with Crippen LogP contribution in [0.4, 0.5) is 16.2 Å². The van der Waals surface area contributed by atoms with Crippen LogP contribution in [0.3, 0.4) is 0 Å². The highest BCUT2D eigenvalue weighted by molar-refractivity contribution is 7.98. The van der Waals surface area contributed by atoms with Gasteiger partial charge in [0.1, 0.15) is 0 Å². The summed E-state index contributed by atoms with van der Waals surface area (Å²) in [5.41, 5.74) is 2.04. The van der Waals surface area contributed by atoms with Gasteiger partial charge in [0.15, 0.2) is 0 Å². The number of carbonyl (C=O) groups is 1. The van der Waals surface area contributed by atoms with Gasteiger partial charge in [0.05, 0.1) is 0 Å². The van der Waals surface area contributed by atoms with E-state index in [1.807, 2.05) is 36.0 Å². The van der Waals surface area contributed by atoms with E-state index in [1.165, 1.54) is 5.75 Å². The summed E-state index contributed by atoms with van der Waals surface area (Å²) in [4.78, 5) is 13.3. The van der Waals surface area contributed by atoms with Crippen molar-refractivity contribution < 1.29 is 4.79 Å². The highest BCUT2D eigenvalue weighted by atomic mass is 32.2. The van der Waals surface area contributed by atoms with E-state index in [1.54, 1.807) is 4.90 Å². The second-order valence-corrected chi connectivity index (χ2v) is 5.19. The molecule has 5 heteroatoms. The molecule has 1 fully saturated rings. The highest BCUT2D eigenvalue weighted by Crippen LogP contribution is 2.20. The Kier molecular flexibility index (Phi) is 4.75. The molecule has 2 rings (SSSR count). The lowest BCUT2D eigenvalue weighted by molar-refractivity contribution is 0.252. The lowest BCUT2D eigenvalue weighted by atomic mass is 10.2. The van der Waals surface area contributed by atoms with Gasteiger partial charge in [0.2, 0.25) is 0 Å². The molecule has 0 unspecified atom stereocenters. The van der Waals surface area contributed by atoms with Gasteiger partial charge in [-0.1, -0.05) is 6.07 Å². The van der Waals surface area contributed by atoms with E-state index in [9.17, 15) is 4.79 Å². The zero-order chi connectivity index (χ0) is 12.8. The van der Waals surface area contributed by atoms with Crippen LogP contribution in [0.5, 0.6) is 0 Å². The third kappa shape index (κ3) is 3.32. The lowest BCUT2D eigenvalue weighted by Gasteiger charge is -2.15. The first-order valence-electron chi connectivity index (χ1n) is 6.19. The molecule has 4 nitrogen and oxygen atoms in total. The first-order valence-corrected chi connectivity index (χ1v) is 7.59. The number of benzene rings is 1. The SMILES string of the molecule is CSCCCNc1cccc(N2CCNC2=O)c1. The molecule has 0 radical (unpaired) electrons. The highest BCUT2D eigenvalue weighted by Gasteiger charge is 2.20. The topological polar surface area (TPSA) is 44.4 Å². The van der Waals surface area contributed by atoms with Gasteiger partial charge in [-0.25, -0.2) is 4.79 Å². The maximum atomic E-state index is 11.6. The molecule has 0 atom stereocenters. The number of hydrogen-bond donors (Lipinski definition) is 2. The molecule has 1 aromatic carbocycles. The summed E-state index contributed by atoms with van der Waals surface area (Å²) < 4.78 is 0. The maximum Gasteiger partial charge on any atom is 0.321 e. The summed E-state index contributed by atoms with van der Waals surface area (Å²) in [6.07, 6.45) is 3.27. The number of hydrogen-bond acceptors (Lipinski definition) is 3. The molecule has 1 aliphatic rings. The van der Waals surface area contributed by atoms with E-state index in [0.29, 0.717) is 0 Å². The van der Waals surface area contributed by atoms with Crippen LogP contribution in [0.1, 0.15) is 6.42 Å². The van der Waals surface area contributed by atoms with E-state index in [4.69, 9.17) is 0 Å². The molecule has 98 valence electrons. The summed E-state index contributed by atoms with van der Waals surface area (Å²) in [6, 6.07) is 8.02. The molecule has 0 aromatic heterocycles. The fourth-order valence-electron chi connectivity index (χ4n) is 1.95. The van der Waals surface area contributed by atoms with Gasteiger partial charge in [-0.05, 0) is 36.6 Å². The van der Waals surface area contributed by atoms with Gasteiger partial charge in [0, 0.05) is 31.0 Å². The first kappa shape index (κ1) is 13.1. The van der Waals surface area contributed by atoms with Gasteiger partial charge in [-0.2, -0.15) is 11.8 Å². The first-order chi connectivity index (χ1) is 8.81. The Morgan fingerprint density at radius 2 is 2.39 bits per heavy atom. The largest absolute Gasteiger partial charge is 0.385 e. The number of nitrogens with zero attached hydrogens (tertiary/aromatic N) is 1. The van der Waals surface area contributed by atoms with Crippen LogP contribution >= 0.6 is 11.8 Å². The molecule has 0 spiro atoms. The number of urea groups is 1. The van der Waals surface area contributed by atoms with Gasteiger partial charge in [-0.3, -0.25) is 4.90 Å². The Morgan fingerprint density at radius 3 is 3.11 bits per heavy atom. The number of carbonyl (C=O) groups excluding carboxylic acids is 1. The minimum atomic E-state index is -0.00506. The number of rotatable bonds is 6. The molecule has 18 heavy (non-hydrogen) atoms. The number of nitrogens with one attached hydrogen (secondary N) is 2. The molecule has 2 N–H and O–H groups in total. The molecule has 0 saturated carbocycles. The number of thioether (sulfide) groups is 1. The smallest absolute Gasteiger partial charge is 0.321 e. The van der Waals surface area contributed by atoms with Crippen LogP contribution < -0.4 is 15.5 Å². The van der Waals surface area contributed by atoms with Crippen LogP contribution in [0, 0.1) is 0 Å². The van der Waals surface area contributed by atoms with Crippen LogP contribution in [-0.2, 0) is 0 Å². The van der Waals surface area contributed by atoms with Crippen LogP contribution in [0.2, 0.25) is 0 Å². The Balaban J connectivity index is 1.94. The average Bonchev–Trinajstić information content (AvgIpc) is 2.81. The van der Waals surface area contributed by atoms with E-state index in [0.717, 1.165) is 37.4 Å². The molecule has 1 aliphatic heterocycles. The van der Waals surface area contributed by atoms with Crippen LogP contribution in [0.25, 0.3) is 0 Å². The summed E-state index contributed by atoms with van der Waals surface area (Å²) in [5, 5.41) is 6.20. The third-order valence-corrected chi connectivity index (χ3v) is 3.57. The third-order valence-electron chi connectivity index (χ3n) is 2.87. The van der Waals surface area contributed by atoms with E-state index in [2.05, 4.69) is 16.9 Å². The zero-order valence-corrected chi connectivity index (χ0v) is 11.4. The van der Waals surface area contributed by atoms with Crippen molar-refractivity contribution in [1.29, 1.82) is 0 Å². The summed E-state index contributed by atoms with van der Waals surface area (Å²) in [5.74, 6) is 1.17. The summed E-state index contributed by atoms with van der Waals surface area (Å²) >= 11 is 1.86. The Labute approximate surface area is 112 Å². The van der Waals surface area contributed by atoms with Gasteiger partial charge >= 0.3 is 6.03 Å². The second-order valence-electron chi connectivity index (χ2n) is 4.21. The van der Waals surface area contributed by atoms with Crippen molar-refractivity contribution in [3.63, 3.8) is 0 Å². The average molecular weight is 265 g/mol. The van der Waals surface area contributed by atoms with Crippen LogP contribution in [-0.4, -0.2) is 37.7 Å². The predicted octanol–water partition coefficient (Wildman–Crippen LogP) is 2.38. The molecular weight excluding hydrogens is 246 g/mol. The summed E-state index contributed by atoms with van der Waals surface area (Å²) in [6.45, 7) is 2.44. The Morgan fingerprint density at radius 1 is 1.50 bits per heavy atom. The predicted molar refractivity (Wildman–Crippen MR) is 78.7 cm³/mol. The van der Waals surface area contributed by atoms with Crippen molar-refractivity contribution in [3.05, 3.63) is 24.3 Å². The normalized spacial score (nSPS) is 14.7. The second kappa shape index (κ2) is 6.54. The monoisotopic (exact) mass is 265 g/mol. The Bertz CT molecular complexity index is 411. The fourth-order valence-corrected chi connectivity index (χ4v) is 2.38. The van der Waals surface area contributed by atoms with Crippen molar-refractivity contribution in [2.75, 3.05) is 41.9 Å². The maximum absolute atomic E-state index is 11.6. The fraction of sp³-hybridized carbons (Fsp3) is 0.462. The number of anilines is 2. The lowest BCUT2D eigenvalue weighted by Crippen LogP contribution is -2.27. The molecule has 0 bridgehead atoms. The van der Waals surface area contributed by atoms with E-state index < -0.39 is 0 Å².